The fraction of sp³-hybridized carbons (Fsp3) is 0.318. The topological polar surface area (TPSA) is 71.5 Å². The highest BCUT2D eigenvalue weighted by Gasteiger charge is 2.33. The van der Waals surface area contributed by atoms with E-state index in [0.717, 1.165) is 34.7 Å². The SMILES string of the molecule is COc1ccc(-c2nc(NC(=O)[C@@H]3CCCCN3C(=O)c3cccs3)sc2C)cc1. The molecule has 1 atom stereocenters. The van der Waals surface area contributed by atoms with Gasteiger partial charge in [-0.05, 0) is 61.9 Å². The number of amides is 2. The third-order valence-corrected chi connectivity index (χ3v) is 6.93. The Bertz CT molecular complexity index is 1030. The average Bonchev–Trinajstić information content (AvgIpc) is 3.43. The van der Waals surface area contributed by atoms with Gasteiger partial charge in [0.1, 0.15) is 11.8 Å². The number of carbonyl (C=O) groups excluding carboxylic acids is 2. The molecule has 0 unspecified atom stereocenters. The number of hydrogen-bond acceptors (Lipinski definition) is 6. The van der Waals surface area contributed by atoms with Crippen molar-refractivity contribution in [2.45, 2.75) is 32.2 Å². The average molecular weight is 442 g/mol. The lowest BCUT2D eigenvalue weighted by molar-refractivity contribution is -0.121. The van der Waals surface area contributed by atoms with Gasteiger partial charge in [0.15, 0.2) is 5.13 Å². The quantitative estimate of drug-likeness (QED) is 0.616. The Labute approximate surface area is 183 Å². The first kappa shape index (κ1) is 20.6. The van der Waals surface area contributed by atoms with Crippen LogP contribution in [-0.4, -0.2) is 41.4 Å². The van der Waals surface area contributed by atoms with E-state index in [9.17, 15) is 9.59 Å². The van der Waals surface area contributed by atoms with Crippen molar-refractivity contribution in [3.05, 3.63) is 51.5 Å². The molecular formula is C22H23N3O3S2. The molecule has 0 aliphatic carbocycles. The van der Waals surface area contributed by atoms with Crippen molar-refractivity contribution >= 4 is 39.6 Å². The van der Waals surface area contributed by atoms with Gasteiger partial charge in [0.2, 0.25) is 5.91 Å². The van der Waals surface area contributed by atoms with Crippen LogP contribution < -0.4 is 10.1 Å². The maximum atomic E-state index is 13.0. The lowest BCUT2D eigenvalue weighted by Crippen LogP contribution is -2.49. The lowest BCUT2D eigenvalue weighted by atomic mass is 10.0. The van der Waals surface area contributed by atoms with Crippen LogP contribution in [0.2, 0.25) is 0 Å². The van der Waals surface area contributed by atoms with E-state index in [4.69, 9.17) is 4.74 Å². The molecule has 3 aromatic rings. The normalized spacial score (nSPS) is 16.3. The van der Waals surface area contributed by atoms with Gasteiger partial charge in [0.05, 0.1) is 17.7 Å². The number of piperidine rings is 1. The van der Waals surface area contributed by atoms with Crippen LogP contribution in [0.3, 0.4) is 0 Å². The van der Waals surface area contributed by atoms with Crippen LogP contribution in [0.15, 0.2) is 41.8 Å². The second-order valence-electron chi connectivity index (χ2n) is 7.13. The van der Waals surface area contributed by atoms with E-state index < -0.39 is 6.04 Å². The Morgan fingerprint density at radius 1 is 1.20 bits per heavy atom. The van der Waals surface area contributed by atoms with Crippen molar-refractivity contribution < 1.29 is 14.3 Å². The summed E-state index contributed by atoms with van der Waals surface area (Å²) in [5, 5.41) is 5.38. The first-order valence-electron chi connectivity index (χ1n) is 9.84. The fourth-order valence-electron chi connectivity index (χ4n) is 3.64. The Morgan fingerprint density at radius 3 is 2.70 bits per heavy atom. The minimum atomic E-state index is -0.470. The predicted octanol–water partition coefficient (Wildman–Crippen LogP) is 4.82. The van der Waals surface area contributed by atoms with Gasteiger partial charge in [-0.2, -0.15) is 0 Å². The largest absolute Gasteiger partial charge is 0.497 e. The van der Waals surface area contributed by atoms with Crippen molar-refractivity contribution in [3.8, 4) is 17.0 Å². The molecule has 0 bridgehead atoms. The van der Waals surface area contributed by atoms with Gasteiger partial charge in [-0.3, -0.25) is 9.59 Å². The maximum absolute atomic E-state index is 13.0. The Morgan fingerprint density at radius 2 is 2.00 bits per heavy atom. The van der Waals surface area contributed by atoms with Crippen molar-refractivity contribution in [1.29, 1.82) is 0 Å². The number of thiazole rings is 1. The summed E-state index contributed by atoms with van der Waals surface area (Å²) in [6.07, 6.45) is 2.51. The highest BCUT2D eigenvalue weighted by Crippen LogP contribution is 2.32. The highest BCUT2D eigenvalue weighted by atomic mass is 32.1. The summed E-state index contributed by atoms with van der Waals surface area (Å²) in [4.78, 5) is 33.9. The van der Waals surface area contributed by atoms with Gasteiger partial charge in [-0.15, -0.1) is 22.7 Å². The minimum absolute atomic E-state index is 0.0703. The van der Waals surface area contributed by atoms with Gasteiger partial charge in [0, 0.05) is 17.0 Å². The van der Waals surface area contributed by atoms with Crippen molar-refractivity contribution in [3.63, 3.8) is 0 Å². The molecule has 3 heterocycles. The van der Waals surface area contributed by atoms with Gasteiger partial charge < -0.3 is 15.0 Å². The number of aromatic nitrogens is 1. The number of ether oxygens (including phenoxy) is 1. The Hall–Kier alpha value is -2.71. The highest BCUT2D eigenvalue weighted by molar-refractivity contribution is 7.16. The molecule has 0 saturated carbocycles. The number of thiophene rings is 1. The van der Waals surface area contributed by atoms with Crippen molar-refractivity contribution in [2.24, 2.45) is 0 Å². The molecule has 1 saturated heterocycles. The summed E-state index contributed by atoms with van der Waals surface area (Å²) < 4.78 is 5.21. The van der Waals surface area contributed by atoms with Gasteiger partial charge in [0.25, 0.3) is 5.91 Å². The number of methoxy groups -OCH3 is 1. The van der Waals surface area contributed by atoms with Crippen LogP contribution in [0.5, 0.6) is 5.75 Å². The third kappa shape index (κ3) is 4.24. The number of aryl methyl sites for hydroxylation is 1. The zero-order chi connectivity index (χ0) is 21.1. The molecule has 2 amide bonds. The summed E-state index contributed by atoms with van der Waals surface area (Å²) in [6, 6.07) is 10.9. The number of carbonyl (C=O) groups is 2. The molecule has 1 aliphatic rings. The van der Waals surface area contributed by atoms with E-state index in [1.54, 1.807) is 12.0 Å². The monoisotopic (exact) mass is 441 g/mol. The Balaban J connectivity index is 1.50. The van der Waals surface area contributed by atoms with E-state index in [2.05, 4.69) is 10.3 Å². The van der Waals surface area contributed by atoms with Crippen LogP contribution in [-0.2, 0) is 4.79 Å². The van der Waals surface area contributed by atoms with Gasteiger partial charge >= 0.3 is 0 Å². The lowest BCUT2D eigenvalue weighted by Gasteiger charge is -2.34. The molecule has 2 aromatic heterocycles. The van der Waals surface area contributed by atoms with Crippen LogP contribution in [0.25, 0.3) is 11.3 Å². The second kappa shape index (κ2) is 8.97. The number of hydrogen-bond donors (Lipinski definition) is 1. The van der Waals surface area contributed by atoms with Crippen LogP contribution >= 0.6 is 22.7 Å². The van der Waals surface area contributed by atoms with Gasteiger partial charge in [-0.25, -0.2) is 4.98 Å². The molecule has 1 fully saturated rings. The molecule has 1 aliphatic heterocycles. The third-order valence-electron chi connectivity index (χ3n) is 5.19. The molecule has 1 aromatic carbocycles. The van der Waals surface area contributed by atoms with Crippen molar-refractivity contribution in [2.75, 3.05) is 19.0 Å². The molecule has 1 N–H and O–H groups in total. The zero-order valence-corrected chi connectivity index (χ0v) is 18.5. The minimum Gasteiger partial charge on any atom is -0.497 e. The molecule has 6 nitrogen and oxygen atoms in total. The van der Waals surface area contributed by atoms with Crippen LogP contribution in [0.1, 0.15) is 33.8 Å². The first-order chi connectivity index (χ1) is 14.6. The summed E-state index contributed by atoms with van der Waals surface area (Å²) in [5.41, 5.74) is 1.81. The van der Waals surface area contributed by atoms with Crippen LogP contribution in [0, 0.1) is 6.92 Å². The number of nitrogens with one attached hydrogen (secondary N) is 1. The summed E-state index contributed by atoms with van der Waals surface area (Å²) in [5.74, 6) is 0.543. The van der Waals surface area contributed by atoms with E-state index in [1.807, 2.05) is 48.7 Å². The number of likely N-dealkylation sites (tertiary alicyclic amines) is 1. The summed E-state index contributed by atoms with van der Waals surface area (Å²) >= 11 is 2.85. The van der Waals surface area contributed by atoms with E-state index in [0.29, 0.717) is 23.0 Å². The molecule has 156 valence electrons. The molecule has 0 radical (unpaired) electrons. The number of anilines is 1. The zero-order valence-electron chi connectivity index (χ0n) is 16.9. The molecule has 0 spiro atoms. The summed E-state index contributed by atoms with van der Waals surface area (Å²) in [7, 11) is 1.63. The Kier molecular flexibility index (Phi) is 6.15. The second-order valence-corrected chi connectivity index (χ2v) is 9.28. The van der Waals surface area contributed by atoms with E-state index in [-0.39, 0.29) is 11.8 Å². The smallest absolute Gasteiger partial charge is 0.264 e. The standard InChI is InChI=1S/C22H23N3O3S2/c1-14-19(15-8-10-16(28-2)11-9-15)23-22(30-14)24-20(26)17-6-3-4-12-25(17)21(27)18-7-5-13-29-18/h5,7-11,13,17H,3-4,6,12H2,1-2H3,(H,23,24,26)/t17-/m0/s1. The number of rotatable bonds is 5. The molecule has 8 heteroatoms. The van der Waals surface area contributed by atoms with Crippen LogP contribution in [0.4, 0.5) is 5.13 Å². The number of nitrogens with zero attached hydrogens (tertiary/aromatic N) is 2. The number of benzene rings is 1. The molecule has 4 rings (SSSR count). The van der Waals surface area contributed by atoms with E-state index >= 15 is 0 Å². The predicted molar refractivity (Wildman–Crippen MR) is 120 cm³/mol. The van der Waals surface area contributed by atoms with Gasteiger partial charge in [-0.1, -0.05) is 6.07 Å². The fourth-order valence-corrected chi connectivity index (χ4v) is 5.16. The molecule has 30 heavy (non-hydrogen) atoms. The van der Waals surface area contributed by atoms with Crippen molar-refractivity contribution in [1.82, 2.24) is 9.88 Å². The maximum Gasteiger partial charge on any atom is 0.264 e. The molecular weight excluding hydrogens is 418 g/mol. The first-order valence-corrected chi connectivity index (χ1v) is 11.5. The summed E-state index contributed by atoms with van der Waals surface area (Å²) in [6.45, 7) is 2.59. The van der Waals surface area contributed by atoms with E-state index in [1.165, 1.54) is 22.7 Å².